The number of amides is 1. The number of nitrogens with zero attached hydrogens (tertiary/aromatic N) is 4. The maximum atomic E-state index is 15.0. The van der Waals surface area contributed by atoms with E-state index in [-0.39, 0.29) is 35.8 Å². The average Bonchev–Trinajstić information content (AvgIpc) is 2.69. The molecule has 30 heavy (non-hydrogen) atoms. The summed E-state index contributed by atoms with van der Waals surface area (Å²) in [7, 11) is 0. The van der Waals surface area contributed by atoms with E-state index >= 15 is 8.78 Å². The van der Waals surface area contributed by atoms with Crippen LogP contribution in [0.5, 0.6) is 0 Å². The predicted molar refractivity (Wildman–Crippen MR) is 99.7 cm³/mol. The maximum absolute atomic E-state index is 15.0. The highest BCUT2D eigenvalue weighted by molar-refractivity contribution is 5.99. The van der Waals surface area contributed by atoms with Gasteiger partial charge in [-0.3, -0.25) is 4.79 Å². The van der Waals surface area contributed by atoms with Crippen LogP contribution in [-0.2, 0) is 11.2 Å². The van der Waals surface area contributed by atoms with Crippen LogP contribution in [0.3, 0.4) is 0 Å². The Morgan fingerprint density at radius 3 is 2.60 bits per heavy atom. The van der Waals surface area contributed by atoms with E-state index in [1.54, 1.807) is 6.92 Å². The number of halogens is 4. The van der Waals surface area contributed by atoms with Gasteiger partial charge < -0.3 is 10.1 Å². The van der Waals surface area contributed by atoms with E-state index in [2.05, 4.69) is 15.1 Å². The summed E-state index contributed by atoms with van der Waals surface area (Å²) in [6, 6.07) is 3.18. The van der Waals surface area contributed by atoms with Crippen LogP contribution in [-0.4, -0.2) is 50.7 Å². The number of hydrogen-bond acceptors (Lipinski definition) is 5. The Balaban J connectivity index is 1.83. The van der Waals surface area contributed by atoms with Gasteiger partial charge in [-0.25, -0.2) is 27.5 Å². The number of hydrogen-bond donors (Lipinski definition) is 1. The summed E-state index contributed by atoms with van der Waals surface area (Å²) in [5, 5.41) is 12.1. The molecular formula is C20H20F4N4O2. The van der Waals surface area contributed by atoms with Crippen molar-refractivity contribution in [2.45, 2.75) is 38.5 Å². The molecule has 1 atom stereocenters. The maximum Gasteiger partial charge on any atom is 0.273 e. The lowest BCUT2D eigenvalue weighted by Crippen LogP contribution is -2.50. The topological polar surface area (TPSA) is 78.7 Å². The zero-order chi connectivity index (χ0) is 22.1. The monoisotopic (exact) mass is 424 g/mol. The number of aromatic nitrogens is 2. The first kappa shape index (κ1) is 21.7. The van der Waals surface area contributed by atoms with Crippen LogP contribution in [0.15, 0.2) is 29.6 Å². The molecule has 1 amide bonds. The largest absolute Gasteiger partial charge is 0.411 e. The molecule has 1 saturated heterocycles. The van der Waals surface area contributed by atoms with Crippen molar-refractivity contribution in [1.82, 2.24) is 14.9 Å². The SMILES string of the molecule is C/C(=N/O)c1cnc(C)nc1C1CCN(C(=O)Cc2c(F)cccc2F)CC1(F)F. The Hall–Kier alpha value is -3.04. The molecule has 0 radical (unpaired) electrons. The molecular weight excluding hydrogens is 404 g/mol. The van der Waals surface area contributed by atoms with Gasteiger partial charge in [-0.1, -0.05) is 11.2 Å². The summed E-state index contributed by atoms with van der Waals surface area (Å²) in [5.74, 6) is -6.99. The minimum atomic E-state index is -3.35. The number of likely N-dealkylation sites (tertiary alicyclic amines) is 1. The Kier molecular flexibility index (Phi) is 6.04. The number of carbonyl (C=O) groups excluding carboxylic acids is 1. The smallest absolute Gasteiger partial charge is 0.273 e. The lowest BCUT2D eigenvalue weighted by atomic mass is 9.86. The molecule has 0 spiro atoms. The fourth-order valence-corrected chi connectivity index (χ4v) is 3.54. The molecule has 0 bridgehead atoms. The predicted octanol–water partition coefficient (Wildman–Crippen LogP) is 3.46. The second kappa shape index (κ2) is 8.37. The lowest BCUT2D eigenvalue weighted by molar-refractivity contribution is -0.143. The molecule has 1 fully saturated rings. The van der Waals surface area contributed by atoms with Gasteiger partial charge in [0.2, 0.25) is 5.91 Å². The van der Waals surface area contributed by atoms with Gasteiger partial charge >= 0.3 is 0 Å². The number of oxime groups is 1. The molecule has 3 rings (SSSR count). The third kappa shape index (κ3) is 4.27. The zero-order valence-corrected chi connectivity index (χ0v) is 16.4. The summed E-state index contributed by atoms with van der Waals surface area (Å²) < 4.78 is 57.7. The third-order valence-corrected chi connectivity index (χ3v) is 5.15. The van der Waals surface area contributed by atoms with Crippen molar-refractivity contribution in [3.05, 3.63) is 58.7 Å². The standard InChI is InChI=1S/C20H20F4N4O2/c1-11(27-30)14-9-25-12(2)26-19(14)15-6-7-28(10-20(15,23)24)18(29)8-13-16(21)4-3-5-17(13)22/h3-5,9,15,30H,6-8,10H2,1-2H3/b27-11-. The van der Waals surface area contributed by atoms with Gasteiger partial charge in [0, 0.05) is 23.9 Å². The van der Waals surface area contributed by atoms with Crippen LogP contribution in [0.2, 0.25) is 0 Å². The van der Waals surface area contributed by atoms with Crippen LogP contribution in [0, 0.1) is 18.6 Å². The van der Waals surface area contributed by atoms with Gasteiger partial charge in [0.05, 0.1) is 30.3 Å². The molecule has 1 aliphatic heterocycles. The Morgan fingerprint density at radius 2 is 2.00 bits per heavy atom. The van der Waals surface area contributed by atoms with Gasteiger partial charge in [0.15, 0.2) is 0 Å². The molecule has 1 aromatic carbocycles. The minimum absolute atomic E-state index is 0.0348. The van der Waals surface area contributed by atoms with Crippen LogP contribution < -0.4 is 0 Å². The number of aryl methyl sites for hydroxylation is 1. The molecule has 0 saturated carbocycles. The van der Waals surface area contributed by atoms with Crippen LogP contribution in [0.4, 0.5) is 17.6 Å². The quantitative estimate of drug-likeness (QED) is 0.353. The summed E-state index contributed by atoms with van der Waals surface area (Å²) >= 11 is 0. The van der Waals surface area contributed by atoms with Crippen LogP contribution in [0.25, 0.3) is 0 Å². The molecule has 160 valence electrons. The Morgan fingerprint density at radius 1 is 1.33 bits per heavy atom. The number of piperidine rings is 1. The average molecular weight is 424 g/mol. The second-order valence-electron chi connectivity index (χ2n) is 7.20. The number of carbonyl (C=O) groups is 1. The summed E-state index contributed by atoms with van der Waals surface area (Å²) in [4.78, 5) is 21.5. The molecule has 1 unspecified atom stereocenters. The van der Waals surface area contributed by atoms with E-state index in [9.17, 15) is 13.6 Å². The third-order valence-electron chi connectivity index (χ3n) is 5.15. The molecule has 2 aromatic rings. The Labute approximate surface area is 170 Å². The van der Waals surface area contributed by atoms with Gasteiger partial charge in [0.25, 0.3) is 5.92 Å². The molecule has 10 heteroatoms. The van der Waals surface area contributed by atoms with Crippen molar-refractivity contribution < 1.29 is 27.6 Å². The highest BCUT2D eigenvalue weighted by atomic mass is 19.3. The summed E-state index contributed by atoms with van der Waals surface area (Å²) in [6.07, 6.45) is 0.551. The van der Waals surface area contributed by atoms with Gasteiger partial charge in [-0.15, -0.1) is 0 Å². The summed E-state index contributed by atoms with van der Waals surface area (Å²) in [6.45, 7) is 2.05. The van der Waals surface area contributed by atoms with Crippen molar-refractivity contribution >= 4 is 11.6 Å². The molecule has 1 N–H and O–H groups in total. The molecule has 1 aliphatic rings. The van der Waals surface area contributed by atoms with Crippen molar-refractivity contribution in [2.24, 2.45) is 5.16 Å². The first-order valence-electron chi connectivity index (χ1n) is 9.25. The first-order chi connectivity index (χ1) is 14.1. The van der Waals surface area contributed by atoms with Gasteiger partial charge in [0.1, 0.15) is 17.5 Å². The van der Waals surface area contributed by atoms with Gasteiger partial charge in [-0.05, 0) is 32.4 Å². The van der Waals surface area contributed by atoms with E-state index in [0.29, 0.717) is 0 Å². The van der Waals surface area contributed by atoms with E-state index in [1.807, 2.05) is 0 Å². The van der Waals surface area contributed by atoms with E-state index < -0.39 is 47.9 Å². The van der Waals surface area contributed by atoms with Crippen molar-refractivity contribution in [2.75, 3.05) is 13.1 Å². The number of rotatable bonds is 4. The zero-order valence-electron chi connectivity index (χ0n) is 16.4. The fourth-order valence-electron chi connectivity index (χ4n) is 3.54. The molecule has 1 aromatic heterocycles. The molecule has 0 aliphatic carbocycles. The minimum Gasteiger partial charge on any atom is -0.411 e. The fraction of sp³-hybridized carbons (Fsp3) is 0.400. The Bertz CT molecular complexity index is 977. The highest BCUT2D eigenvalue weighted by Crippen LogP contribution is 2.41. The van der Waals surface area contributed by atoms with E-state index in [1.165, 1.54) is 13.1 Å². The molecule has 2 heterocycles. The van der Waals surface area contributed by atoms with E-state index in [4.69, 9.17) is 5.21 Å². The molecule has 6 nitrogen and oxygen atoms in total. The second-order valence-corrected chi connectivity index (χ2v) is 7.20. The van der Waals surface area contributed by atoms with Crippen molar-refractivity contribution in [1.29, 1.82) is 0 Å². The van der Waals surface area contributed by atoms with Crippen molar-refractivity contribution in [3.63, 3.8) is 0 Å². The van der Waals surface area contributed by atoms with Gasteiger partial charge in [-0.2, -0.15) is 0 Å². The highest BCUT2D eigenvalue weighted by Gasteiger charge is 2.48. The first-order valence-corrected chi connectivity index (χ1v) is 9.25. The van der Waals surface area contributed by atoms with Crippen LogP contribution in [0.1, 0.15) is 41.9 Å². The number of benzene rings is 1. The van der Waals surface area contributed by atoms with E-state index in [0.717, 1.165) is 23.1 Å². The van der Waals surface area contributed by atoms with Crippen molar-refractivity contribution in [3.8, 4) is 0 Å². The van der Waals surface area contributed by atoms with Crippen LogP contribution >= 0.6 is 0 Å². The summed E-state index contributed by atoms with van der Waals surface area (Å²) in [5.41, 5.74) is -0.123. The number of alkyl halides is 2. The lowest BCUT2D eigenvalue weighted by Gasteiger charge is -2.38. The normalized spacial score (nSPS) is 19.1.